The summed E-state index contributed by atoms with van der Waals surface area (Å²) in [4.78, 5) is 0.202. The first-order valence-electron chi connectivity index (χ1n) is 4.17. The van der Waals surface area contributed by atoms with E-state index in [4.69, 9.17) is 10.5 Å². The first-order chi connectivity index (χ1) is 6.55. The molecule has 78 valence electrons. The molecular weight excluding hydrogens is 202 g/mol. The summed E-state index contributed by atoms with van der Waals surface area (Å²) >= 11 is 0. The van der Waals surface area contributed by atoms with Crippen LogP contribution in [0, 0.1) is 0 Å². The van der Waals surface area contributed by atoms with E-state index in [-0.39, 0.29) is 4.90 Å². The fourth-order valence-electron chi connectivity index (χ4n) is 1.04. The molecule has 0 aliphatic rings. The van der Waals surface area contributed by atoms with Gasteiger partial charge in [0.15, 0.2) is 9.84 Å². The molecule has 5 heteroatoms. The second-order valence-corrected chi connectivity index (χ2v) is 4.84. The molecule has 0 amide bonds. The van der Waals surface area contributed by atoms with Crippen molar-refractivity contribution in [2.45, 2.75) is 4.90 Å². The van der Waals surface area contributed by atoms with Crippen LogP contribution in [-0.2, 0) is 9.84 Å². The second-order valence-electron chi connectivity index (χ2n) is 2.86. The van der Waals surface area contributed by atoms with Crippen molar-refractivity contribution in [1.29, 1.82) is 0 Å². The molecule has 14 heavy (non-hydrogen) atoms. The van der Waals surface area contributed by atoms with Gasteiger partial charge in [-0.25, -0.2) is 8.42 Å². The van der Waals surface area contributed by atoms with E-state index in [9.17, 15) is 8.42 Å². The Morgan fingerprint density at radius 1 is 1.36 bits per heavy atom. The zero-order chi connectivity index (χ0) is 10.6. The van der Waals surface area contributed by atoms with Crippen LogP contribution in [0.3, 0.4) is 0 Å². The summed E-state index contributed by atoms with van der Waals surface area (Å²) in [7, 11) is -3.23. The molecule has 0 fully saturated rings. The summed E-state index contributed by atoms with van der Waals surface area (Å²) in [6.45, 7) is 0.671. The van der Waals surface area contributed by atoms with Crippen LogP contribution in [0.2, 0.25) is 0 Å². The third-order valence-electron chi connectivity index (χ3n) is 1.62. The Bertz CT molecular complexity index is 400. The zero-order valence-electron chi connectivity index (χ0n) is 7.93. The van der Waals surface area contributed by atoms with Crippen molar-refractivity contribution < 1.29 is 13.2 Å². The molecule has 2 N–H and O–H groups in total. The van der Waals surface area contributed by atoms with Crippen molar-refractivity contribution in [3.8, 4) is 5.75 Å². The Hall–Kier alpha value is -1.07. The van der Waals surface area contributed by atoms with Crippen molar-refractivity contribution in [3.63, 3.8) is 0 Å². The minimum atomic E-state index is -3.23. The largest absolute Gasteiger partial charge is 0.491 e. The van der Waals surface area contributed by atoms with Crippen molar-refractivity contribution >= 4 is 9.84 Å². The number of nitrogens with two attached hydrogens (primary N) is 1. The Balaban J connectivity index is 3.04. The first-order valence-corrected chi connectivity index (χ1v) is 6.07. The molecule has 0 unspecified atom stereocenters. The van der Waals surface area contributed by atoms with Crippen LogP contribution in [0.5, 0.6) is 5.75 Å². The molecule has 1 rings (SSSR count). The number of benzene rings is 1. The van der Waals surface area contributed by atoms with Gasteiger partial charge in [-0.3, -0.25) is 0 Å². The van der Waals surface area contributed by atoms with E-state index in [0.717, 1.165) is 6.26 Å². The fourth-order valence-corrected chi connectivity index (χ4v) is 1.86. The van der Waals surface area contributed by atoms with Gasteiger partial charge in [-0.2, -0.15) is 0 Å². The average Bonchev–Trinajstić information content (AvgIpc) is 2.14. The molecule has 4 nitrogen and oxygen atoms in total. The lowest BCUT2D eigenvalue weighted by molar-refractivity contribution is 0.320. The zero-order valence-corrected chi connectivity index (χ0v) is 8.75. The fraction of sp³-hybridized carbons (Fsp3) is 0.333. The lowest BCUT2D eigenvalue weighted by Crippen LogP contribution is -2.12. The molecule has 0 heterocycles. The SMILES string of the molecule is CS(=O)(=O)c1ccccc1OCCN. The van der Waals surface area contributed by atoms with Crippen molar-refractivity contribution in [1.82, 2.24) is 0 Å². The lowest BCUT2D eigenvalue weighted by atomic mass is 10.3. The normalized spacial score (nSPS) is 11.3. The lowest BCUT2D eigenvalue weighted by Gasteiger charge is -2.08. The number of hydrogen-bond donors (Lipinski definition) is 1. The third-order valence-corrected chi connectivity index (χ3v) is 2.76. The molecule has 0 spiro atoms. The Morgan fingerprint density at radius 3 is 2.57 bits per heavy atom. The molecule has 1 aromatic rings. The van der Waals surface area contributed by atoms with Crippen LogP contribution in [0.4, 0.5) is 0 Å². The number of rotatable bonds is 4. The predicted molar refractivity (Wildman–Crippen MR) is 54.1 cm³/mol. The third kappa shape index (κ3) is 2.71. The van der Waals surface area contributed by atoms with Gasteiger partial charge < -0.3 is 10.5 Å². The Kier molecular flexibility index (Phi) is 3.49. The maximum atomic E-state index is 11.3. The maximum absolute atomic E-state index is 11.3. The van der Waals surface area contributed by atoms with E-state index in [1.54, 1.807) is 18.2 Å². The van der Waals surface area contributed by atoms with Gasteiger partial charge in [-0.05, 0) is 12.1 Å². The molecule has 0 aliphatic heterocycles. The van der Waals surface area contributed by atoms with Crippen LogP contribution in [0.1, 0.15) is 0 Å². The van der Waals surface area contributed by atoms with Gasteiger partial charge in [0.1, 0.15) is 17.3 Å². The summed E-state index contributed by atoms with van der Waals surface area (Å²) < 4.78 is 27.8. The number of ether oxygens (including phenoxy) is 1. The van der Waals surface area contributed by atoms with Crippen LogP contribution < -0.4 is 10.5 Å². The number of sulfone groups is 1. The minimum Gasteiger partial charge on any atom is -0.491 e. The Labute approximate surface area is 83.6 Å². The second kappa shape index (κ2) is 4.43. The first kappa shape index (κ1) is 11.0. The highest BCUT2D eigenvalue weighted by molar-refractivity contribution is 7.90. The van der Waals surface area contributed by atoms with Gasteiger partial charge in [0.25, 0.3) is 0 Å². The highest BCUT2D eigenvalue weighted by atomic mass is 32.2. The highest BCUT2D eigenvalue weighted by Crippen LogP contribution is 2.22. The minimum absolute atomic E-state index is 0.202. The molecular formula is C9H13NO3S. The van der Waals surface area contributed by atoms with Crippen molar-refractivity contribution in [3.05, 3.63) is 24.3 Å². The quantitative estimate of drug-likeness (QED) is 0.790. The topological polar surface area (TPSA) is 69.4 Å². The molecule has 0 atom stereocenters. The summed E-state index contributed by atoms with van der Waals surface area (Å²) in [5.74, 6) is 0.362. The average molecular weight is 215 g/mol. The predicted octanol–water partition coefficient (Wildman–Crippen LogP) is 0.428. The monoisotopic (exact) mass is 215 g/mol. The Morgan fingerprint density at radius 2 is 2.00 bits per heavy atom. The van der Waals surface area contributed by atoms with Crippen LogP contribution in [0.15, 0.2) is 29.2 Å². The summed E-state index contributed by atoms with van der Waals surface area (Å²) in [6.07, 6.45) is 1.15. The van der Waals surface area contributed by atoms with Crippen molar-refractivity contribution in [2.75, 3.05) is 19.4 Å². The molecule has 0 saturated carbocycles. The van der Waals surface area contributed by atoms with Crippen LogP contribution in [-0.4, -0.2) is 27.8 Å². The summed E-state index contributed by atoms with van der Waals surface area (Å²) in [6, 6.07) is 6.51. The van der Waals surface area contributed by atoms with Gasteiger partial charge >= 0.3 is 0 Å². The van der Waals surface area contributed by atoms with E-state index in [2.05, 4.69) is 0 Å². The molecule has 0 saturated heterocycles. The van der Waals surface area contributed by atoms with Gasteiger partial charge in [0.05, 0.1) is 0 Å². The standard InChI is InChI=1S/C9H13NO3S/c1-14(11,12)9-5-3-2-4-8(9)13-7-6-10/h2-5H,6-7,10H2,1H3. The molecule has 0 aromatic heterocycles. The van der Waals surface area contributed by atoms with Gasteiger partial charge in [-0.1, -0.05) is 12.1 Å². The molecule has 1 aromatic carbocycles. The van der Waals surface area contributed by atoms with Crippen LogP contribution >= 0.6 is 0 Å². The summed E-state index contributed by atoms with van der Waals surface area (Å²) in [5.41, 5.74) is 5.26. The van der Waals surface area contributed by atoms with Crippen LogP contribution in [0.25, 0.3) is 0 Å². The van der Waals surface area contributed by atoms with E-state index in [1.165, 1.54) is 6.07 Å². The van der Waals surface area contributed by atoms with Gasteiger partial charge in [-0.15, -0.1) is 0 Å². The molecule has 0 aliphatic carbocycles. The van der Waals surface area contributed by atoms with Gasteiger partial charge in [0.2, 0.25) is 0 Å². The van der Waals surface area contributed by atoms with Gasteiger partial charge in [0, 0.05) is 12.8 Å². The highest BCUT2D eigenvalue weighted by Gasteiger charge is 2.12. The van der Waals surface area contributed by atoms with E-state index in [1.807, 2.05) is 0 Å². The maximum Gasteiger partial charge on any atom is 0.179 e. The van der Waals surface area contributed by atoms with Crippen molar-refractivity contribution in [2.24, 2.45) is 5.73 Å². The van der Waals surface area contributed by atoms with E-state index >= 15 is 0 Å². The van der Waals surface area contributed by atoms with E-state index in [0.29, 0.717) is 18.9 Å². The molecule has 0 radical (unpaired) electrons. The van der Waals surface area contributed by atoms with E-state index < -0.39 is 9.84 Å². The summed E-state index contributed by atoms with van der Waals surface area (Å²) in [5, 5.41) is 0. The molecule has 0 bridgehead atoms. The smallest absolute Gasteiger partial charge is 0.179 e. The number of hydrogen-bond acceptors (Lipinski definition) is 4. The number of para-hydroxylation sites is 1.